The van der Waals surface area contributed by atoms with Crippen LogP contribution in [0.1, 0.15) is 50.2 Å². The summed E-state index contributed by atoms with van der Waals surface area (Å²) in [5, 5.41) is 13.9. The van der Waals surface area contributed by atoms with Crippen molar-refractivity contribution in [3.8, 4) is 0 Å². The molecule has 3 N–H and O–H groups in total. The first-order valence-electron chi connectivity index (χ1n) is 10.9. The number of piperazine rings is 1. The zero-order valence-electron chi connectivity index (χ0n) is 18.6. The van der Waals surface area contributed by atoms with Crippen LogP contribution in [0.4, 0.5) is 0 Å². The van der Waals surface area contributed by atoms with Gasteiger partial charge in [0.05, 0.1) is 18.2 Å². The van der Waals surface area contributed by atoms with Crippen LogP contribution in [-0.4, -0.2) is 58.4 Å². The summed E-state index contributed by atoms with van der Waals surface area (Å²) in [4.78, 5) is 19.2. The van der Waals surface area contributed by atoms with E-state index in [2.05, 4.69) is 61.3 Å². The van der Waals surface area contributed by atoms with Crippen molar-refractivity contribution in [3.05, 3.63) is 51.6 Å². The predicted octanol–water partition coefficient (Wildman–Crippen LogP) is -0.529. The van der Waals surface area contributed by atoms with E-state index >= 15 is 0 Å². The SMILES string of the molecule is CCC(C)(C)n1nnnc1[C@H](c1cc2cc(C)ccc2[nH]c1=O)[NH+]1CC[NH+](C)CC1. The lowest BCUT2D eigenvalue weighted by atomic mass is 9.98. The Labute approximate surface area is 176 Å². The van der Waals surface area contributed by atoms with Gasteiger partial charge in [0, 0.05) is 5.52 Å². The number of aromatic amines is 1. The van der Waals surface area contributed by atoms with Crippen molar-refractivity contribution >= 4 is 10.9 Å². The second-order valence-electron chi connectivity index (χ2n) is 9.31. The number of nitrogens with one attached hydrogen (secondary N) is 3. The molecule has 0 amide bonds. The number of fused-ring (bicyclic) bond motifs is 1. The summed E-state index contributed by atoms with van der Waals surface area (Å²) in [6, 6.07) is 7.96. The Morgan fingerprint density at radius 3 is 2.63 bits per heavy atom. The normalized spacial score (nSPS) is 21.1. The average molecular weight is 412 g/mol. The predicted molar refractivity (Wildman–Crippen MR) is 116 cm³/mol. The largest absolute Gasteiger partial charge is 0.328 e. The van der Waals surface area contributed by atoms with Gasteiger partial charge >= 0.3 is 0 Å². The number of nitrogens with zero attached hydrogens (tertiary/aromatic N) is 4. The van der Waals surface area contributed by atoms with Crippen molar-refractivity contribution in [2.75, 3.05) is 33.2 Å². The first-order chi connectivity index (χ1) is 14.3. The molecule has 30 heavy (non-hydrogen) atoms. The molecule has 0 aliphatic carbocycles. The van der Waals surface area contributed by atoms with E-state index in [1.165, 1.54) is 15.4 Å². The third kappa shape index (κ3) is 3.77. The number of likely N-dealkylation sites (N-methyl/N-ethyl adjacent to an activating group) is 1. The van der Waals surface area contributed by atoms with Gasteiger partial charge in [-0.15, -0.1) is 5.10 Å². The van der Waals surface area contributed by atoms with Gasteiger partial charge in [-0.1, -0.05) is 18.6 Å². The lowest BCUT2D eigenvalue weighted by Crippen LogP contribution is -3.27. The fraction of sp³-hybridized carbons (Fsp3) is 0.545. The fourth-order valence-electron chi connectivity index (χ4n) is 4.34. The molecule has 0 bridgehead atoms. The topological polar surface area (TPSA) is 85.3 Å². The summed E-state index contributed by atoms with van der Waals surface area (Å²) in [5.41, 5.74) is 2.49. The third-order valence-corrected chi connectivity index (χ3v) is 6.68. The molecule has 1 aliphatic heterocycles. The van der Waals surface area contributed by atoms with Crippen LogP contribution in [0.2, 0.25) is 0 Å². The van der Waals surface area contributed by atoms with Gasteiger partial charge in [0.15, 0.2) is 6.04 Å². The van der Waals surface area contributed by atoms with E-state index in [0.717, 1.165) is 54.9 Å². The summed E-state index contributed by atoms with van der Waals surface area (Å²) in [6.45, 7) is 12.6. The zero-order valence-corrected chi connectivity index (χ0v) is 18.6. The highest BCUT2D eigenvalue weighted by molar-refractivity contribution is 5.79. The quantitative estimate of drug-likeness (QED) is 0.527. The molecule has 1 fully saturated rings. The second-order valence-corrected chi connectivity index (χ2v) is 9.31. The highest BCUT2D eigenvalue weighted by atomic mass is 16.1. The lowest BCUT2D eigenvalue weighted by molar-refractivity contribution is -1.02. The molecule has 0 unspecified atom stereocenters. The Bertz CT molecular complexity index is 1090. The molecule has 8 nitrogen and oxygen atoms in total. The molecule has 3 aromatic rings. The molecular formula is C22H33N7O+2. The van der Waals surface area contributed by atoms with Crippen LogP contribution in [0.3, 0.4) is 0 Å². The Kier molecular flexibility index (Phi) is 5.46. The van der Waals surface area contributed by atoms with E-state index in [0.29, 0.717) is 0 Å². The van der Waals surface area contributed by atoms with Crippen molar-refractivity contribution in [1.29, 1.82) is 0 Å². The van der Waals surface area contributed by atoms with Crippen molar-refractivity contribution in [3.63, 3.8) is 0 Å². The Morgan fingerprint density at radius 2 is 1.93 bits per heavy atom. The summed E-state index contributed by atoms with van der Waals surface area (Å²) in [5.74, 6) is 0.772. The molecule has 0 saturated carbocycles. The van der Waals surface area contributed by atoms with Crippen molar-refractivity contribution in [1.82, 2.24) is 25.2 Å². The van der Waals surface area contributed by atoms with Crippen LogP contribution in [0.5, 0.6) is 0 Å². The van der Waals surface area contributed by atoms with Crippen LogP contribution < -0.4 is 15.4 Å². The Hall–Kier alpha value is -2.58. The maximum atomic E-state index is 13.2. The number of quaternary nitrogens is 2. The van der Waals surface area contributed by atoms with Gasteiger partial charge in [-0.05, 0) is 61.2 Å². The first-order valence-corrected chi connectivity index (χ1v) is 10.9. The number of pyridine rings is 1. The molecule has 4 rings (SSSR count). The summed E-state index contributed by atoms with van der Waals surface area (Å²) < 4.78 is 1.93. The van der Waals surface area contributed by atoms with Gasteiger partial charge in [0.25, 0.3) is 5.56 Å². The minimum Gasteiger partial charge on any atom is -0.328 e. The summed E-state index contributed by atoms with van der Waals surface area (Å²) in [7, 11) is 2.22. The maximum Gasteiger partial charge on any atom is 0.258 e. The van der Waals surface area contributed by atoms with Crippen molar-refractivity contribution in [2.24, 2.45) is 0 Å². The third-order valence-electron chi connectivity index (χ3n) is 6.68. The number of aryl methyl sites for hydroxylation is 1. The molecule has 8 heteroatoms. The number of rotatable bonds is 5. The van der Waals surface area contributed by atoms with E-state index in [1.54, 1.807) is 0 Å². The van der Waals surface area contributed by atoms with E-state index in [-0.39, 0.29) is 17.1 Å². The Balaban J connectivity index is 1.89. The van der Waals surface area contributed by atoms with Gasteiger partial charge < -0.3 is 14.8 Å². The number of hydrogen-bond donors (Lipinski definition) is 3. The number of tetrazole rings is 1. The highest BCUT2D eigenvalue weighted by Gasteiger charge is 2.39. The fourth-order valence-corrected chi connectivity index (χ4v) is 4.34. The van der Waals surface area contributed by atoms with Crippen LogP contribution in [0.25, 0.3) is 10.9 Å². The van der Waals surface area contributed by atoms with Crippen LogP contribution in [-0.2, 0) is 5.54 Å². The van der Waals surface area contributed by atoms with E-state index in [1.807, 2.05) is 22.9 Å². The highest BCUT2D eigenvalue weighted by Crippen LogP contribution is 2.25. The average Bonchev–Trinajstić information content (AvgIpc) is 3.21. The van der Waals surface area contributed by atoms with Crippen LogP contribution in [0, 0.1) is 6.92 Å². The minimum absolute atomic E-state index is 0.0565. The smallest absolute Gasteiger partial charge is 0.258 e. The van der Waals surface area contributed by atoms with Gasteiger partial charge in [-0.3, -0.25) is 4.79 Å². The standard InChI is InChI=1S/C22H31N7O/c1-6-22(3,4)29-20(24-25-26-29)19(28-11-9-27(5)10-12-28)17-14-16-13-15(2)7-8-18(16)23-21(17)30/h7-8,13-14,19H,6,9-12H2,1-5H3,(H,23,30)/p+2/t19-/m0/s1. The van der Waals surface area contributed by atoms with E-state index in [4.69, 9.17) is 0 Å². The molecule has 3 heterocycles. The lowest BCUT2D eigenvalue weighted by Gasteiger charge is -2.34. The number of H-pyrrole nitrogens is 1. The van der Waals surface area contributed by atoms with Crippen LogP contribution >= 0.6 is 0 Å². The Morgan fingerprint density at radius 1 is 1.20 bits per heavy atom. The molecule has 1 saturated heterocycles. The molecule has 160 valence electrons. The molecule has 2 aromatic heterocycles. The molecule has 1 atom stereocenters. The molecule has 0 spiro atoms. The number of aromatic nitrogens is 5. The van der Waals surface area contributed by atoms with Gasteiger partial charge in [-0.2, -0.15) is 0 Å². The maximum absolute atomic E-state index is 13.2. The van der Waals surface area contributed by atoms with Gasteiger partial charge in [0.1, 0.15) is 26.2 Å². The van der Waals surface area contributed by atoms with Crippen molar-refractivity contribution in [2.45, 2.75) is 45.7 Å². The molecule has 1 aliphatic rings. The number of benzene rings is 1. The van der Waals surface area contributed by atoms with Crippen molar-refractivity contribution < 1.29 is 9.80 Å². The molecular weight excluding hydrogens is 378 g/mol. The van der Waals surface area contributed by atoms with Crippen LogP contribution in [0.15, 0.2) is 29.1 Å². The first kappa shape index (κ1) is 20.7. The zero-order chi connectivity index (χ0) is 21.5. The second kappa shape index (κ2) is 7.92. The van der Waals surface area contributed by atoms with E-state index < -0.39 is 0 Å². The van der Waals surface area contributed by atoms with Gasteiger partial charge in [-0.25, -0.2) is 4.68 Å². The summed E-state index contributed by atoms with van der Waals surface area (Å²) in [6.07, 6.45) is 0.896. The number of hydrogen-bond acceptors (Lipinski definition) is 4. The monoisotopic (exact) mass is 411 g/mol. The van der Waals surface area contributed by atoms with E-state index in [9.17, 15) is 4.79 Å². The van der Waals surface area contributed by atoms with Gasteiger partial charge in [0.2, 0.25) is 5.82 Å². The minimum atomic E-state index is -0.228. The summed E-state index contributed by atoms with van der Waals surface area (Å²) >= 11 is 0. The molecule has 1 aromatic carbocycles. The molecule has 0 radical (unpaired) electrons.